The van der Waals surface area contributed by atoms with Crippen LogP contribution >= 0.6 is 11.6 Å². The molecule has 0 spiro atoms. The van der Waals surface area contributed by atoms with Crippen LogP contribution in [-0.2, 0) is 23.2 Å². The molecule has 1 aliphatic rings. The molecule has 0 aromatic carbocycles. The molecule has 0 atom stereocenters. The van der Waals surface area contributed by atoms with Crippen LogP contribution in [0.5, 0.6) is 0 Å². The molecule has 17 heavy (non-hydrogen) atoms. The van der Waals surface area contributed by atoms with Gasteiger partial charge in [-0.25, -0.2) is 0 Å². The maximum absolute atomic E-state index is 11.6. The van der Waals surface area contributed by atoms with E-state index in [1.807, 2.05) is 0 Å². The second-order valence-corrected chi connectivity index (χ2v) is 4.32. The number of aryl methyl sites for hydroxylation is 2. The summed E-state index contributed by atoms with van der Waals surface area (Å²) in [5, 5.41) is 7.39. The van der Waals surface area contributed by atoms with Gasteiger partial charge in [-0.15, -0.1) is 0 Å². The molecule has 0 bridgehead atoms. The van der Waals surface area contributed by atoms with Crippen molar-refractivity contribution in [1.82, 2.24) is 20.0 Å². The van der Waals surface area contributed by atoms with Gasteiger partial charge in [-0.2, -0.15) is 5.10 Å². The Morgan fingerprint density at radius 2 is 1.94 bits per heavy atom. The Hall–Kier alpha value is -1.40. The Bertz CT molecular complexity index is 467. The molecule has 1 aliphatic heterocycles. The smallest absolute Gasteiger partial charge is 0.243 e. The minimum absolute atomic E-state index is 0.176. The Morgan fingerprint density at radius 1 is 1.35 bits per heavy atom. The van der Waals surface area contributed by atoms with Crippen molar-refractivity contribution < 1.29 is 9.59 Å². The number of hydrogen-bond acceptors (Lipinski definition) is 4. The first-order valence-corrected chi connectivity index (χ1v) is 5.60. The number of carbonyl (C=O) groups is 2. The van der Waals surface area contributed by atoms with Crippen LogP contribution in [0.25, 0.3) is 0 Å². The van der Waals surface area contributed by atoms with E-state index in [9.17, 15) is 9.59 Å². The zero-order chi connectivity index (χ0) is 12.6. The van der Waals surface area contributed by atoms with Gasteiger partial charge in [-0.1, -0.05) is 11.6 Å². The number of amides is 2. The largest absolute Gasteiger partial charge is 0.300 e. The van der Waals surface area contributed by atoms with Crippen molar-refractivity contribution in [3.05, 3.63) is 16.4 Å². The standard InChI is InChI=1S/C10H13ClN4O2/c1-6-10(11)7(14(2)13-6)5-15-8(16)3-12-4-9(15)17/h12H,3-5H2,1-2H3. The summed E-state index contributed by atoms with van der Waals surface area (Å²) in [7, 11) is 1.74. The second kappa shape index (κ2) is 4.46. The quantitative estimate of drug-likeness (QED) is 0.747. The van der Waals surface area contributed by atoms with Crippen LogP contribution in [0, 0.1) is 6.92 Å². The van der Waals surface area contributed by atoms with E-state index in [0.717, 1.165) is 0 Å². The van der Waals surface area contributed by atoms with E-state index < -0.39 is 0 Å². The number of nitrogens with one attached hydrogen (secondary N) is 1. The number of halogens is 1. The predicted octanol–water partition coefficient (Wildman–Crippen LogP) is -0.160. The van der Waals surface area contributed by atoms with Gasteiger partial charge in [0, 0.05) is 7.05 Å². The topological polar surface area (TPSA) is 67.2 Å². The van der Waals surface area contributed by atoms with Gasteiger partial charge < -0.3 is 0 Å². The fourth-order valence-corrected chi connectivity index (χ4v) is 2.00. The second-order valence-electron chi connectivity index (χ2n) is 3.95. The van der Waals surface area contributed by atoms with Crippen molar-refractivity contribution in [3.63, 3.8) is 0 Å². The average molecular weight is 257 g/mol. The van der Waals surface area contributed by atoms with E-state index in [1.54, 1.807) is 18.7 Å². The van der Waals surface area contributed by atoms with Crippen LogP contribution in [0.15, 0.2) is 0 Å². The molecule has 2 amide bonds. The van der Waals surface area contributed by atoms with Crippen LogP contribution in [0.2, 0.25) is 5.02 Å². The molecule has 0 saturated carbocycles. The van der Waals surface area contributed by atoms with Crippen molar-refractivity contribution in [2.24, 2.45) is 7.05 Å². The minimum Gasteiger partial charge on any atom is -0.300 e. The summed E-state index contributed by atoms with van der Waals surface area (Å²) in [5.74, 6) is -0.479. The van der Waals surface area contributed by atoms with Crippen LogP contribution in [0.3, 0.4) is 0 Å². The molecule has 0 aliphatic carbocycles. The van der Waals surface area contributed by atoms with Gasteiger partial charge in [-0.05, 0) is 6.92 Å². The number of carbonyl (C=O) groups excluding carboxylic acids is 2. The Kier molecular flexibility index (Phi) is 3.17. The molecule has 7 heteroatoms. The molecule has 0 unspecified atom stereocenters. The van der Waals surface area contributed by atoms with Crippen molar-refractivity contribution in [2.75, 3.05) is 13.1 Å². The molecule has 1 saturated heterocycles. The highest BCUT2D eigenvalue weighted by molar-refractivity contribution is 6.31. The van der Waals surface area contributed by atoms with E-state index in [-0.39, 0.29) is 31.4 Å². The van der Waals surface area contributed by atoms with Crippen molar-refractivity contribution in [3.8, 4) is 0 Å². The lowest BCUT2D eigenvalue weighted by Crippen LogP contribution is -2.51. The van der Waals surface area contributed by atoms with Crippen LogP contribution in [0.4, 0.5) is 0 Å². The SMILES string of the molecule is Cc1nn(C)c(CN2C(=O)CNCC2=O)c1Cl. The van der Waals surface area contributed by atoms with Gasteiger partial charge in [0.05, 0.1) is 36.0 Å². The molecule has 1 N–H and O–H groups in total. The molecule has 1 fully saturated rings. The number of piperazine rings is 1. The van der Waals surface area contributed by atoms with Crippen molar-refractivity contribution in [2.45, 2.75) is 13.5 Å². The Labute approximate surface area is 104 Å². The molecule has 6 nitrogen and oxygen atoms in total. The van der Waals surface area contributed by atoms with E-state index >= 15 is 0 Å². The lowest BCUT2D eigenvalue weighted by molar-refractivity contribution is -0.147. The molecule has 1 aromatic heterocycles. The van der Waals surface area contributed by atoms with Gasteiger partial charge >= 0.3 is 0 Å². The summed E-state index contributed by atoms with van der Waals surface area (Å²) >= 11 is 6.08. The molecule has 2 rings (SSSR count). The first kappa shape index (κ1) is 12.1. The first-order chi connectivity index (χ1) is 8.00. The van der Waals surface area contributed by atoms with Crippen LogP contribution < -0.4 is 5.32 Å². The molecule has 0 radical (unpaired) electrons. The summed E-state index contributed by atoms with van der Waals surface area (Å²) in [6.07, 6.45) is 0. The lowest BCUT2D eigenvalue weighted by Gasteiger charge is -2.25. The maximum Gasteiger partial charge on any atom is 0.243 e. The number of nitrogens with zero attached hydrogens (tertiary/aromatic N) is 3. The van der Waals surface area contributed by atoms with Crippen molar-refractivity contribution in [1.29, 1.82) is 0 Å². The van der Waals surface area contributed by atoms with E-state index in [0.29, 0.717) is 16.4 Å². The van der Waals surface area contributed by atoms with E-state index in [2.05, 4.69) is 10.4 Å². The third kappa shape index (κ3) is 2.18. The summed E-state index contributed by atoms with van der Waals surface area (Å²) in [5.41, 5.74) is 1.37. The highest BCUT2D eigenvalue weighted by Gasteiger charge is 2.27. The van der Waals surface area contributed by atoms with Crippen molar-refractivity contribution >= 4 is 23.4 Å². The van der Waals surface area contributed by atoms with Gasteiger partial charge in [0.25, 0.3) is 0 Å². The summed E-state index contributed by atoms with van der Waals surface area (Å²) in [6, 6.07) is 0. The first-order valence-electron chi connectivity index (χ1n) is 5.22. The van der Waals surface area contributed by atoms with Gasteiger partial charge in [0.2, 0.25) is 11.8 Å². The summed E-state index contributed by atoms with van der Waals surface area (Å²) < 4.78 is 1.60. The van der Waals surface area contributed by atoms with E-state index in [1.165, 1.54) is 4.90 Å². The summed E-state index contributed by atoms with van der Waals surface area (Å²) in [4.78, 5) is 24.4. The van der Waals surface area contributed by atoms with Gasteiger partial charge in [0.1, 0.15) is 0 Å². The lowest BCUT2D eigenvalue weighted by atomic mass is 10.3. The number of aromatic nitrogens is 2. The zero-order valence-electron chi connectivity index (χ0n) is 9.66. The number of hydrogen-bond donors (Lipinski definition) is 1. The normalized spacial score (nSPS) is 16.8. The molecular weight excluding hydrogens is 244 g/mol. The highest BCUT2D eigenvalue weighted by Crippen LogP contribution is 2.21. The van der Waals surface area contributed by atoms with Crippen LogP contribution in [-0.4, -0.2) is 39.6 Å². The third-order valence-electron chi connectivity index (χ3n) is 2.72. The fraction of sp³-hybridized carbons (Fsp3) is 0.500. The zero-order valence-corrected chi connectivity index (χ0v) is 10.4. The summed E-state index contributed by atoms with van der Waals surface area (Å²) in [6.45, 7) is 2.32. The number of imide groups is 1. The van der Waals surface area contributed by atoms with Gasteiger partial charge in [-0.3, -0.25) is 24.5 Å². The minimum atomic E-state index is -0.240. The predicted molar refractivity (Wildman–Crippen MR) is 61.4 cm³/mol. The molecular formula is C10H13ClN4O2. The highest BCUT2D eigenvalue weighted by atomic mass is 35.5. The monoisotopic (exact) mass is 256 g/mol. The third-order valence-corrected chi connectivity index (χ3v) is 3.22. The molecule has 92 valence electrons. The fourth-order valence-electron chi connectivity index (χ4n) is 1.78. The number of rotatable bonds is 2. The maximum atomic E-state index is 11.6. The van der Waals surface area contributed by atoms with E-state index in [4.69, 9.17) is 11.6 Å². The average Bonchev–Trinajstić information content (AvgIpc) is 2.49. The molecule has 1 aromatic rings. The Balaban J connectivity index is 2.25. The Morgan fingerprint density at radius 3 is 2.41 bits per heavy atom. The van der Waals surface area contributed by atoms with Crippen LogP contribution in [0.1, 0.15) is 11.4 Å². The van der Waals surface area contributed by atoms with Gasteiger partial charge in [0.15, 0.2) is 0 Å². The molecule has 2 heterocycles.